The first kappa shape index (κ1) is 20.5. The van der Waals surface area contributed by atoms with Gasteiger partial charge < -0.3 is 9.64 Å². The first-order chi connectivity index (χ1) is 15.3. The number of amides is 1. The van der Waals surface area contributed by atoms with Gasteiger partial charge in [0.15, 0.2) is 0 Å². The first-order valence-corrected chi connectivity index (χ1v) is 10.3. The maximum absolute atomic E-state index is 13.6. The molecule has 0 spiro atoms. The molecule has 2 aromatic heterocycles. The van der Waals surface area contributed by atoms with Crippen LogP contribution < -0.4 is 4.74 Å². The Morgan fingerprint density at radius 2 is 1.84 bits per heavy atom. The molecule has 0 radical (unpaired) electrons. The number of likely N-dealkylation sites (tertiary alicyclic amines) is 1. The summed E-state index contributed by atoms with van der Waals surface area (Å²) >= 11 is 0. The smallest absolute Gasteiger partial charge is 0.417 e. The molecule has 0 unspecified atom stereocenters. The third-order valence-electron chi connectivity index (χ3n) is 6.33. The number of para-hydroxylation sites is 1. The molecule has 4 atom stereocenters. The zero-order chi connectivity index (χ0) is 22.5. The molecule has 2 fully saturated rings. The predicted octanol–water partition coefficient (Wildman–Crippen LogP) is 3.75. The molecule has 10 heteroatoms. The second-order valence-electron chi connectivity index (χ2n) is 8.13. The molecular weight excluding hydrogens is 423 g/mol. The molecular formula is C22H20F3N5O2. The van der Waals surface area contributed by atoms with Crippen LogP contribution in [0, 0.1) is 5.92 Å². The van der Waals surface area contributed by atoms with E-state index in [1.807, 2.05) is 17.9 Å². The Kier molecular flexibility index (Phi) is 4.87. The van der Waals surface area contributed by atoms with Crippen molar-refractivity contribution in [2.75, 3.05) is 0 Å². The van der Waals surface area contributed by atoms with E-state index >= 15 is 0 Å². The van der Waals surface area contributed by atoms with Crippen LogP contribution in [-0.4, -0.2) is 49.0 Å². The van der Waals surface area contributed by atoms with Crippen LogP contribution in [0.15, 0.2) is 55.0 Å². The van der Waals surface area contributed by atoms with E-state index in [1.165, 1.54) is 10.9 Å². The number of halogens is 3. The molecule has 1 saturated carbocycles. The molecule has 3 aromatic rings. The van der Waals surface area contributed by atoms with Gasteiger partial charge in [-0.05, 0) is 43.9 Å². The van der Waals surface area contributed by atoms with Crippen LogP contribution in [0.1, 0.15) is 35.7 Å². The number of carbonyl (C=O) groups excluding carboxylic acids is 1. The Hall–Kier alpha value is -3.43. The summed E-state index contributed by atoms with van der Waals surface area (Å²) in [7, 11) is 0. The lowest BCUT2D eigenvalue weighted by Crippen LogP contribution is -2.51. The lowest BCUT2D eigenvalue weighted by Gasteiger charge is -2.38. The number of fused-ring (bicyclic) bond motifs is 2. The second-order valence-corrected chi connectivity index (χ2v) is 8.13. The number of piperidine rings is 1. The zero-order valence-electron chi connectivity index (χ0n) is 17.1. The number of aromatic nitrogens is 4. The number of nitrogens with zero attached hydrogens (tertiary/aromatic N) is 5. The number of rotatable bonds is 4. The number of pyridine rings is 1. The largest absolute Gasteiger partial charge is 0.472 e. The van der Waals surface area contributed by atoms with E-state index < -0.39 is 11.7 Å². The Morgan fingerprint density at radius 1 is 1.09 bits per heavy atom. The maximum Gasteiger partial charge on any atom is 0.417 e. The SMILES string of the molecule is C[C@@H]1[C@H]2C[C@@H](Oc3ccc(C(F)(F)F)cn3)[C@H](C2)N1C(=O)c1ccccc1-n1nccn1. The molecule has 3 heterocycles. The number of alkyl halides is 3. The van der Waals surface area contributed by atoms with Gasteiger partial charge in [-0.15, -0.1) is 0 Å². The molecule has 1 aliphatic heterocycles. The van der Waals surface area contributed by atoms with Gasteiger partial charge >= 0.3 is 6.18 Å². The van der Waals surface area contributed by atoms with E-state index in [0.29, 0.717) is 11.3 Å². The van der Waals surface area contributed by atoms with Gasteiger partial charge in [-0.1, -0.05) is 12.1 Å². The van der Waals surface area contributed by atoms with Gasteiger partial charge in [-0.2, -0.15) is 28.2 Å². The molecule has 1 aromatic carbocycles. The summed E-state index contributed by atoms with van der Waals surface area (Å²) in [6.07, 6.45) is 0.570. The summed E-state index contributed by atoms with van der Waals surface area (Å²) in [4.78, 5) is 20.6. The van der Waals surface area contributed by atoms with E-state index in [9.17, 15) is 18.0 Å². The zero-order valence-corrected chi connectivity index (χ0v) is 17.1. The van der Waals surface area contributed by atoms with Crippen molar-refractivity contribution in [3.05, 3.63) is 66.1 Å². The minimum Gasteiger partial charge on any atom is -0.472 e. The standard InChI is InChI=1S/C22H20F3N5O2/c1-13-14-10-18(19(11-14)32-20-7-6-15(12-26-20)22(23,24)25)29(13)21(31)16-4-2-3-5-17(16)30-27-8-9-28-30/h2-9,12-14,18-19H,10-11H2,1H3/t13-,14-,18+,19-/m1/s1. The Bertz CT molecular complexity index is 1120. The summed E-state index contributed by atoms with van der Waals surface area (Å²) in [5, 5.41) is 8.28. The van der Waals surface area contributed by atoms with Gasteiger partial charge in [0.2, 0.25) is 5.88 Å². The van der Waals surface area contributed by atoms with Crippen LogP contribution in [0.25, 0.3) is 5.69 Å². The van der Waals surface area contributed by atoms with Crippen molar-refractivity contribution in [1.29, 1.82) is 0 Å². The van der Waals surface area contributed by atoms with Crippen molar-refractivity contribution in [1.82, 2.24) is 24.9 Å². The third-order valence-corrected chi connectivity index (χ3v) is 6.33. The van der Waals surface area contributed by atoms with Crippen molar-refractivity contribution in [2.24, 2.45) is 5.92 Å². The molecule has 5 rings (SSSR count). The summed E-state index contributed by atoms with van der Waals surface area (Å²) in [6, 6.07) is 9.14. The van der Waals surface area contributed by atoms with Crippen LogP contribution in [0.4, 0.5) is 13.2 Å². The van der Waals surface area contributed by atoms with E-state index in [-0.39, 0.29) is 35.9 Å². The highest BCUT2D eigenvalue weighted by molar-refractivity contribution is 5.98. The number of benzene rings is 1. The number of ether oxygens (including phenoxy) is 1. The van der Waals surface area contributed by atoms with Crippen LogP contribution in [0.5, 0.6) is 5.88 Å². The minimum absolute atomic E-state index is 0.0200. The summed E-state index contributed by atoms with van der Waals surface area (Å²) < 4.78 is 44.3. The van der Waals surface area contributed by atoms with Crippen molar-refractivity contribution < 1.29 is 22.7 Å². The quantitative estimate of drug-likeness (QED) is 0.614. The number of hydrogen-bond donors (Lipinski definition) is 0. The van der Waals surface area contributed by atoms with E-state index in [4.69, 9.17) is 4.74 Å². The fourth-order valence-corrected chi connectivity index (χ4v) is 4.77. The van der Waals surface area contributed by atoms with Gasteiger partial charge in [0.1, 0.15) is 6.10 Å². The normalized spacial score (nSPS) is 24.7. The average molecular weight is 443 g/mol. The Morgan fingerprint density at radius 3 is 2.50 bits per heavy atom. The van der Waals surface area contributed by atoms with Crippen molar-refractivity contribution >= 4 is 5.91 Å². The van der Waals surface area contributed by atoms with E-state index in [2.05, 4.69) is 15.2 Å². The molecule has 1 saturated heterocycles. The summed E-state index contributed by atoms with van der Waals surface area (Å²) in [6.45, 7) is 2.02. The number of hydrogen-bond acceptors (Lipinski definition) is 5. The monoisotopic (exact) mass is 443 g/mol. The molecule has 7 nitrogen and oxygen atoms in total. The van der Waals surface area contributed by atoms with Gasteiger partial charge in [0, 0.05) is 18.3 Å². The van der Waals surface area contributed by atoms with Crippen LogP contribution in [0.3, 0.4) is 0 Å². The lowest BCUT2D eigenvalue weighted by atomic mass is 9.98. The van der Waals surface area contributed by atoms with Gasteiger partial charge in [-0.25, -0.2) is 4.98 Å². The molecule has 1 aliphatic carbocycles. The van der Waals surface area contributed by atoms with Crippen molar-refractivity contribution in [2.45, 2.75) is 44.1 Å². The summed E-state index contributed by atoms with van der Waals surface area (Å²) in [5.41, 5.74) is 0.237. The van der Waals surface area contributed by atoms with Crippen molar-refractivity contribution in [3.63, 3.8) is 0 Å². The Labute approximate surface area is 181 Å². The first-order valence-electron chi connectivity index (χ1n) is 10.3. The lowest BCUT2D eigenvalue weighted by molar-refractivity contribution is -0.137. The van der Waals surface area contributed by atoms with Crippen LogP contribution in [-0.2, 0) is 6.18 Å². The molecule has 0 N–H and O–H groups in total. The maximum atomic E-state index is 13.6. The highest BCUT2D eigenvalue weighted by Gasteiger charge is 2.53. The molecule has 1 amide bonds. The topological polar surface area (TPSA) is 73.1 Å². The minimum atomic E-state index is -4.45. The predicted molar refractivity (Wildman–Crippen MR) is 107 cm³/mol. The molecule has 32 heavy (non-hydrogen) atoms. The van der Waals surface area contributed by atoms with Gasteiger partial charge in [0.05, 0.1) is 35.2 Å². The molecule has 2 aliphatic rings. The third kappa shape index (κ3) is 3.49. The second kappa shape index (κ2) is 7.61. The fourth-order valence-electron chi connectivity index (χ4n) is 4.77. The fraction of sp³-hybridized carbons (Fsp3) is 0.364. The highest BCUT2D eigenvalue weighted by atomic mass is 19.4. The van der Waals surface area contributed by atoms with E-state index in [1.54, 1.807) is 30.6 Å². The number of carbonyl (C=O) groups is 1. The van der Waals surface area contributed by atoms with Gasteiger partial charge in [0.25, 0.3) is 5.91 Å². The van der Waals surface area contributed by atoms with E-state index in [0.717, 1.165) is 25.1 Å². The van der Waals surface area contributed by atoms with Crippen LogP contribution >= 0.6 is 0 Å². The summed E-state index contributed by atoms with van der Waals surface area (Å²) in [5.74, 6) is 0.224. The van der Waals surface area contributed by atoms with Gasteiger partial charge in [-0.3, -0.25) is 4.79 Å². The molecule has 166 valence electrons. The Balaban J connectivity index is 1.38. The van der Waals surface area contributed by atoms with Crippen molar-refractivity contribution in [3.8, 4) is 11.6 Å². The average Bonchev–Trinajstić information content (AvgIpc) is 3.50. The molecule has 2 bridgehead atoms. The van der Waals surface area contributed by atoms with Crippen LogP contribution in [0.2, 0.25) is 0 Å². The highest BCUT2D eigenvalue weighted by Crippen LogP contribution is 2.44.